The van der Waals surface area contributed by atoms with Crippen LogP contribution in [0, 0.1) is 5.41 Å². The number of aliphatic carboxylic acids is 1. The number of piperidine rings is 1. The van der Waals surface area contributed by atoms with Crippen LogP contribution in [0.25, 0.3) is 0 Å². The van der Waals surface area contributed by atoms with Gasteiger partial charge in [-0.05, 0) is 45.2 Å². The fraction of sp³-hybridized carbons (Fsp3) is 0.773. The SMILES string of the molecule is CCC[C@@H](/C=C(\C)C(=O)O)N(C)C(=O)C(NC(=O)C1CCCCN1C)C(C)(C)C. The number of hydrogen-bond donors (Lipinski definition) is 2. The Morgan fingerprint density at radius 2 is 1.90 bits per heavy atom. The third-order valence-electron chi connectivity index (χ3n) is 5.68. The standard InChI is InChI=1S/C22H39N3O4/c1-8-11-16(14-15(2)21(28)29)25(7)20(27)18(22(3,4)5)23-19(26)17-12-9-10-13-24(17)6/h14,16-18H,8-13H2,1-7H3,(H,23,26)(H,28,29)/b15-14+/t16-,17?,18?/m0/s1. The number of likely N-dealkylation sites (tertiary alicyclic amines) is 1. The van der Waals surface area contributed by atoms with Crippen LogP contribution in [-0.2, 0) is 14.4 Å². The van der Waals surface area contributed by atoms with Gasteiger partial charge in [0.1, 0.15) is 6.04 Å². The van der Waals surface area contributed by atoms with Crippen molar-refractivity contribution in [2.75, 3.05) is 20.6 Å². The van der Waals surface area contributed by atoms with E-state index in [0.717, 1.165) is 32.2 Å². The van der Waals surface area contributed by atoms with Crippen molar-refractivity contribution in [3.8, 4) is 0 Å². The van der Waals surface area contributed by atoms with Crippen molar-refractivity contribution in [2.45, 2.75) is 84.8 Å². The zero-order chi connectivity index (χ0) is 22.4. The fourth-order valence-corrected chi connectivity index (χ4v) is 3.70. The summed E-state index contributed by atoms with van der Waals surface area (Å²) in [6.45, 7) is 10.2. The number of amides is 2. The van der Waals surface area contributed by atoms with E-state index in [2.05, 4.69) is 5.32 Å². The highest BCUT2D eigenvalue weighted by Gasteiger charge is 2.38. The van der Waals surface area contributed by atoms with Gasteiger partial charge in [-0.1, -0.05) is 46.6 Å². The maximum atomic E-state index is 13.4. The van der Waals surface area contributed by atoms with Crippen molar-refractivity contribution < 1.29 is 19.5 Å². The molecule has 1 rings (SSSR count). The molecular weight excluding hydrogens is 370 g/mol. The molecule has 1 fully saturated rings. The van der Waals surface area contributed by atoms with Gasteiger partial charge in [0.05, 0.1) is 12.1 Å². The molecule has 2 unspecified atom stereocenters. The number of hydrogen-bond acceptors (Lipinski definition) is 4. The Morgan fingerprint density at radius 1 is 1.28 bits per heavy atom. The molecule has 0 aromatic rings. The third-order valence-corrected chi connectivity index (χ3v) is 5.68. The third kappa shape index (κ3) is 7.14. The van der Waals surface area contributed by atoms with Crippen molar-refractivity contribution in [3.05, 3.63) is 11.6 Å². The van der Waals surface area contributed by atoms with Crippen LogP contribution in [-0.4, -0.2) is 71.5 Å². The van der Waals surface area contributed by atoms with Crippen molar-refractivity contribution in [1.29, 1.82) is 0 Å². The Labute approximate surface area is 175 Å². The molecule has 0 aromatic heterocycles. The van der Waals surface area contributed by atoms with Crippen LogP contribution >= 0.6 is 0 Å². The van der Waals surface area contributed by atoms with Crippen molar-refractivity contribution >= 4 is 17.8 Å². The molecule has 7 heteroatoms. The van der Waals surface area contributed by atoms with Gasteiger partial charge in [-0.15, -0.1) is 0 Å². The van der Waals surface area contributed by atoms with Crippen LogP contribution in [0.2, 0.25) is 0 Å². The van der Waals surface area contributed by atoms with Crippen LogP contribution < -0.4 is 5.32 Å². The van der Waals surface area contributed by atoms with Gasteiger partial charge in [0.2, 0.25) is 11.8 Å². The lowest BCUT2D eigenvalue weighted by Gasteiger charge is -2.38. The first-order valence-electron chi connectivity index (χ1n) is 10.6. The summed E-state index contributed by atoms with van der Waals surface area (Å²) in [5.74, 6) is -1.30. The van der Waals surface area contributed by atoms with Gasteiger partial charge in [0.25, 0.3) is 0 Å². The first-order chi connectivity index (χ1) is 13.4. The Morgan fingerprint density at radius 3 is 2.38 bits per heavy atom. The zero-order valence-electron chi connectivity index (χ0n) is 19.1. The lowest BCUT2D eigenvalue weighted by molar-refractivity contribution is -0.141. The van der Waals surface area contributed by atoms with Crippen LogP contribution in [0.3, 0.4) is 0 Å². The van der Waals surface area contributed by atoms with Crippen molar-refractivity contribution in [3.63, 3.8) is 0 Å². The van der Waals surface area contributed by atoms with Gasteiger partial charge in [0, 0.05) is 12.6 Å². The summed E-state index contributed by atoms with van der Waals surface area (Å²) in [4.78, 5) is 41.2. The number of carboxylic acid groups (broad SMARTS) is 1. The summed E-state index contributed by atoms with van der Waals surface area (Å²) < 4.78 is 0. The molecule has 3 atom stereocenters. The van der Waals surface area contributed by atoms with Crippen LogP contribution in [0.5, 0.6) is 0 Å². The van der Waals surface area contributed by atoms with E-state index in [-0.39, 0.29) is 29.5 Å². The Balaban J connectivity index is 3.06. The quantitative estimate of drug-likeness (QED) is 0.602. The number of carbonyl (C=O) groups excluding carboxylic acids is 2. The van der Waals surface area contributed by atoms with Gasteiger partial charge < -0.3 is 15.3 Å². The first-order valence-corrected chi connectivity index (χ1v) is 10.6. The molecule has 1 aliphatic rings. The minimum Gasteiger partial charge on any atom is -0.478 e. The molecule has 2 N–H and O–H groups in total. The van der Waals surface area contributed by atoms with Crippen LogP contribution in [0.1, 0.15) is 66.7 Å². The molecule has 0 radical (unpaired) electrons. The average Bonchev–Trinajstić information content (AvgIpc) is 2.63. The summed E-state index contributed by atoms with van der Waals surface area (Å²) in [7, 11) is 3.63. The van der Waals surface area contributed by atoms with E-state index in [1.165, 1.54) is 6.92 Å². The molecule has 1 heterocycles. The molecule has 1 saturated heterocycles. The Kier molecular flexibility index (Phi) is 9.33. The Bertz CT molecular complexity index is 624. The number of carboxylic acids is 1. The molecule has 2 amide bonds. The number of nitrogens with zero attached hydrogens (tertiary/aromatic N) is 2. The monoisotopic (exact) mass is 409 g/mol. The smallest absolute Gasteiger partial charge is 0.331 e. The maximum Gasteiger partial charge on any atom is 0.331 e. The van der Waals surface area contributed by atoms with E-state index in [4.69, 9.17) is 0 Å². The lowest BCUT2D eigenvalue weighted by atomic mass is 9.85. The van der Waals surface area contributed by atoms with E-state index in [1.807, 2.05) is 39.6 Å². The second kappa shape index (κ2) is 10.8. The molecule has 0 saturated carbocycles. The molecule has 0 bridgehead atoms. The molecule has 7 nitrogen and oxygen atoms in total. The highest BCUT2D eigenvalue weighted by molar-refractivity contribution is 5.91. The number of rotatable bonds is 8. The number of carbonyl (C=O) groups is 3. The van der Waals surface area contributed by atoms with E-state index in [9.17, 15) is 19.5 Å². The molecule has 0 aliphatic carbocycles. The van der Waals surface area contributed by atoms with Crippen molar-refractivity contribution in [1.82, 2.24) is 15.1 Å². The highest BCUT2D eigenvalue weighted by Crippen LogP contribution is 2.24. The van der Waals surface area contributed by atoms with Crippen LogP contribution in [0.4, 0.5) is 0 Å². The summed E-state index contributed by atoms with van der Waals surface area (Å²) >= 11 is 0. The predicted molar refractivity (Wildman–Crippen MR) is 115 cm³/mol. The van der Waals surface area contributed by atoms with Gasteiger partial charge in [-0.25, -0.2) is 4.79 Å². The van der Waals surface area contributed by atoms with E-state index < -0.39 is 17.4 Å². The molecular formula is C22H39N3O4. The lowest BCUT2D eigenvalue weighted by Crippen LogP contribution is -2.59. The minimum absolute atomic E-state index is 0.113. The number of likely N-dealkylation sites (N-methyl/N-ethyl adjacent to an activating group) is 2. The van der Waals surface area contributed by atoms with Gasteiger partial charge in [-0.3, -0.25) is 14.5 Å². The zero-order valence-corrected chi connectivity index (χ0v) is 19.1. The van der Waals surface area contributed by atoms with E-state index in [1.54, 1.807) is 18.0 Å². The summed E-state index contributed by atoms with van der Waals surface area (Å²) in [5.41, 5.74) is -0.264. The topological polar surface area (TPSA) is 90.0 Å². The molecule has 1 aliphatic heterocycles. The second-order valence-corrected chi connectivity index (χ2v) is 9.26. The van der Waals surface area contributed by atoms with Crippen LogP contribution in [0.15, 0.2) is 11.6 Å². The molecule has 0 spiro atoms. The van der Waals surface area contributed by atoms with Crippen molar-refractivity contribution in [2.24, 2.45) is 5.41 Å². The maximum absolute atomic E-state index is 13.4. The predicted octanol–water partition coefficient (Wildman–Crippen LogP) is 2.66. The fourth-order valence-electron chi connectivity index (χ4n) is 3.70. The number of nitrogens with one attached hydrogen (secondary N) is 1. The van der Waals surface area contributed by atoms with Gasteiger partial charge in [0.15, 0.2) is 0 Å². The minimum atomic E-state index is -0.993. The van der Waals surface area contributed by atoms with E-state index >= 15 is 0 Å². The summed E-state index contributed by atoms with van der Waals surface area (Å²) in [6, 6.07) is -1.23. The largest absolute Gasteiger partial charge is 0.478 e. The summed E-state index contributed by atoms with van der Waals surface area (Å²) in [6.07, 6.45) is 5.98. The second-order valence-electron chi connectivity index (χ2n) is 9.26. The molecule has 166 valence electrons. The normalized spacial score (nSPS) is 20.7. The highest BCUT2D eigenvalue weighted by atomic mass is 16.4. The molecule has 0 aromatic carbocycles. The Hall–Kier alpha value is -1.89. The van der Waals surface area contributed by atoms with E-state index in [0.29, 0.717) is 6.42 Å². The molecule has 29 heavy (non-hydrogen) atoms. The summed E-state index contributed by atoms with van der Waals surface area (Å²) in [5, 5.41) is 12.2. The average molecular weight is 410 g/mol. The van der Waals surface area contributed by atoms with Gasteiger partial charge in [-0.2, -0.15) is 0 Å². The van der Waals surface area contributed by atoms with Gasteiger partial charge >= 0.3 is 5.97 Å². The first kappa shape index (κ1) is 25.1.